The summed E-state index contributed by atoms with van der Waals surface area (Å²) in [6.45, 7) is 4.88. The fraction of sp³-hybridized carbons (Fsp3) is 0.417. The van der Waals surface area contributed by atoms with Crippen LogP contribution in [-0.4, -0.2) is 11.7 Å². The predicted octanol–water partition coefficient (Wildman–Crippen LogP) is 2.76. The van der Waals surface area contributed by atoms with Crippen LogP contribution in [0.1, 0.15) is 31.9 Å². The molecule has 0 bridgehead atoms. The first-order chi connectivity index (χ1) is 7.63. The largest absolute Gasteiger partial charge is 0.363 e. The molecule has 16 heavy (non-hydrogen) atoms. The van der Waals surface area contributed by atoms with Gasteiger partial charge in [-0.2, -0.15) is 0 Å². The van der Waals surface area contributed by atoms with Crippen LogP contribution in [0.4, 0.5) is 4.39 Å². The highest BCUT2D eigenvalue weighted by Gasteiger charge is 2.06. The third-order valence-corrected chi connectivity index (χ3v) is 2.49. The number of hydrogen-bond donors (Lipinski definition) is 2. The van der Waals surface area contributed by atoms with Crippen molar-refractivity contribution in [3.8, 4) is 0 Å². The maximum Gasteiger partial charge on any atom is 0.166 e. The van der Waals surface area contributed by atoms with Crippen LogP contribution < -0.4 is 10.6 Å². The van der Waals surface area contributed by atoms with E-state index in [0.717, 1.165) is 18.5 Å². The molecule has 0 aromatic heterocycles. The zero-order valence-corrected chi connectivity index (χ0v) is 10.4. The molecule has 0 saturated carbocycles. The minimum atomic E-state index is -0.224. The Morgan fingerprint density at radius 3 is 2.88 bits per heavy atom. The summed E-state index contributed by atoms with van der Waals surface area (Å²) in [6.07, 6.45) is 1.02. The van der Waals surface area contributed by atoms with Crippen LogP contribution in [0.25, 0.3) is 0 Å². The van der Waals surface area contributed by atoms with Gasteiger partial charge in [0.05, 0.1) is 6.04 Å². The molecule has 88 valence electrons. The molecular formula is C12H17FN2S. The summed E-state index contributed by atoms with van der Waals surface area (Å²) in [5.74, 6) is -0.224. The number of rotatable bonds is 4. The molecule has 0 amide bonds. The summed E-state index contributed by atoms with van der Waals surface area (Å²) >= 11 is 5.11. The molecule has 1 atom stereocenters. The van der Waals surface area contributed by atoms with Gasteiger partial charge in [-0.3, -0.25) is 0 Å². The van der Waals surface area contributed by atoms with Gasteiger partial charge >= 0.3 is 0 Å². The molecule has 0 aliphatic heterocycles. The molecular weight excluding hydrogens is 223 g/mol. The molecule has 0 radical (unpaired) electrons. The standard InChI is InChI=1S/C12H17FN2S/c1-3-7-14-12(16)15-9(2)10-5-4-6-11(13)8-10/h4-6,8-9H,3,7H2,1-2H3,(H2,14,15,16). The molecule has 0 heterocycles. The van der Waals surface area contributed by atoms with E-state index in [1.165, 1.54) is 12.1 Å². The lowest BCUT2D eigenvalue weighted by atomic mass is 10.1. The summed E-state index contributed by atoms with van der Waals surface area (Å²) in [7, 11) is 0. The van der Waals surface area contributed by atoms with E-state index in [9.17, 15) is 4.39 Å². The van der Waals surface area contributed by atoms with Crippen molar-refractivity contribution in [3.05, 3.63) is 35.6 Å². The Kier molecular flexibility index (Phi) is 5.19. The molecule has 0 spiro atoms. The zero-order valence-electron chi connectivity index (χ0n) is 9.59. The van der Waals surface area contributed by atoms with Gasteiger partial charge in [0.15, 0.2) is 5.11 Å². The Morgan fingerprint density at radius 2 is 2.25 bits per heavy atom. The monoisotopic (exact) mass is 240 g/mol. The van der Waals surface area contributed by atoms with Crippen LogP contribution in [0.5, 0.6) is 0 Å². The maximum absolute atomic E-state index is 13.0. The molecule has 4 heteroatoms. The Bertz CT molecular complexity index is 355. The first-order valence-electron chi connectivity index (χ1n) is 5.43. The molecule has 2 nitrogen and oxygen atoms in total. The van der Waals surface area contributed by atoms with Crippen molar-refractivity contribution in [3.63, 3.8) is 0 Å². The van der Waals surface area contributed by atoms with Gasteiger partial charge in [-0.15, -0.1) is 0 Å². The Morgan fingerprint density at radius 1 is 1.50 bits per heavy atom. The van der Waals surface area contributed by atoms with Crippen molar-refractivity contribution >= 4 is 17.3 Å². The highest BCUT2D eigenvalue weighted by molar-refractivity contribution is 7.80. The molecule has 1 rings (SSSR count). The minimum absolute atomic E-state index is 0.00700. The van der Waals surface area contributed by atoms with Crippen LogP contribution in [0.3, 0.4) is 0 Å². The molecule has 1 aromatic carbocycles. The van der Waals surface area contributed by atoms with Gasteiger partial charge in [0.1, 0.15) is 5.82 Å². The topological polar surface area (TPSA) is 24.1 Å². The number of hydrogen-bond acceptors (Lipinski definition) is 1. The summed E-state index contributed by atoms with van der Waals surface area (Å²) in [5, 5.41) is 6.80. The Hall–Kier alpha value is -1.16. The highest BCUT2D eigenvalue weighted by atomic mass is 32.1. The number of halogens is 1. The SMILES string of the molecule is CCCNC(=S)NC(C)c1cccc(F)c1. The van der Waals surface area contributed by atoms with Gasteiger partial charge in [-0.25, -0.2) is 4.39 Å². The van der Waals surface area contributed by atoms with Crippen molar-refractivity contribution in [1.82, 2.24) is 10.6 Å². The van der Waals surface area contributed by atoms with Gasteiger partial charge in [-0.1, -0.05) is 19.1 Å². The second-order valence-corrected chi connectivity index (χ2v) is 4.09. The second-order valence-electron chi connectivity index (χ2n) is 3.68. The molecule has 0 aliphatic rings. The third kappa shape index (κ3) is 4.14. The van der Waals surface area contributed by atoms with Gasteiger partial charge in [0.25, 0.3) is 0 Å². The van der Waals surface area contributed by atoms with E-state index >= 15 is 0 Å². The first-order valence-corrected chi connectivity index (χ1v) is 5.84. The van der Waals surface area contributed by atoms with E-state index in [2.05, 4.69) is 17.6 Å². The average molecular weight is 240 g/mol. The fourth-order valence-corrected chi connectivity index (χ4v) is 1.62. The van der Waals surface area contributed by atoms with Crippen molar-refractivity contribution in [2.45, 2.75) is 26.3 Å². The molecule has 2 N–H and O–H groups in total. The van der Waals surface area contributed by atoms with E-state index in [-0.39, 0.29) is 11.9 Å². The molecule has 0 aliphatic carbocycles. The van der Waals surface area contributed by atoms with E-state index in [1.54, 1.807) is 6.07 Å². The number of thiocarbonyl (C=S) groups is 1. The lowest BCUT2D eigenvalue weighted by Crippen LogP contribution is -2.37. The van der Waals surface area contributed by atoms with Crippen molar-refractivity contribution < 1.29 is 4.39 Å². The molecule has 0 fully saturated rings. The van der Waals surface area contributed by atoms with Crippen LogP contribution in [0, 0.1) is 5.82 Å². The fourth-order valence-electron chi connectivity index (χ4n) is 1.35. The van der Waals surface area contributed by atoms with Crippen LogP contribution in [0.2, 0.25) is 0 Å². The lowest BCUT2D eigenvalue weighted by molar-refractivity contribution is 0.617. The number of benzene rings is 1. The van der Waals surface area contributed by atoms with E-state index in [1.807, 2.05) is 13.0 Å². The molecule has 1 unspecified atom stereocenters. The van der Waals surface area contributed by atoms with E-state index in [0.29, 0.717) is 5.11 Å². The van der Waals surface area contributed by atoms with Crippen molar-refractivity contribution in [2.75, 3.05) is 6.54 Å². The normalized spacial score (nSPS) is 11.9. The van der Waals surface area contributed by atoms with Crippen LogP contribution in [-0.2, 0) is 0 Å². The van der Waals surface area contributed by atoms with Gasteiger partial charge in [0.2, 0.25) is 0 Å². The highest BCUT2D eigenvalue weighted by Crippen LogP contribution is 2.12. The summed E-state index contributed by atoms with van der Waals surface area (Å²) < 4.78 is 13.0. The Labute approximate surface area is 101 Å². The second kappa shape index (κ2) is 6.43. The van der Waals surface area contributed by atoms with Crippen LogP contribution >= 0.6 is 12.2 Å². The summed E-state index contributed by atoms with van der Waals surface area (Å²) in [4.78, 5) is 0. The number of nitrogens with one attached hydrogen (secondary N) is 2. The van der Waals surface area contributed by atoms with Gasteiger partial charge < -0.3 is 10.6 Å². The maximum atomic E-state index is 13.0. The lowest BCUT2D eigenvalue weighted by Gasteiger charge is -2.17. The van der Waals surface area contributed by atoms with Crippen molar-refractivity contribution in [2.24, 2.45) is 0 Å². The summed E-state index contributed by atoms with van der Waals surface area (Å²) in [5.41, 5.74) is 0.889. The zero-order chi connectivity index (χ0) is 12.0. The van der Waals surface area contributed by atoms with Crippen molar-refractivity contribution in [1.29, 1.82) is 0 Å². The van der Waals surface area contributed by atoms with Crippen LogP contribution in [0.15, 0.2) is 24.3 Å². The predicted molar refractivity (Wildman–Crippen MR) is 68.8 cm³/mol. The average Bonchev–Trinajstić information content (AvgIpc) is 2.26. The third-order valence-electron chi connectivity index (χ3n) is 2.23. The van der Waals surface area contributed by atoms with E-state index < -0.39 is 0 Å². The first kappa shape index (κ1) is 12.9. The quantitative estimate of drug-likeness (QED) is 0.791. The Balaban J connectivity index is 2.52. The summed E-state index contributed by atoms with van der Waals surface area (Å²) in [6, 6.07) is 6.53. The molecule has 1 aromatic rings. The molecule has 0 saturated heterocycles. The van der Waals surface area contributed by atoms with Gasteiger partial charge in [-0.05, 0) is 43.3 Å². The van der Waals surface area contributed by atoms with E-state index in [4.69, 9.17) is 12.2 Å². The van der Waals surface area contributed by atoms with Gasteiger partial charge in [0, 0.05) is 6.54 Å². The minimum Gasteiger partial charge on any atom is -0.363 e. The smallest absolute Gasteiger partial charge is 0.166 e.